The standard InChI is InChI=1S/C18H21ClN2O2/c1-2-3-4-5-12-6-8-14(9-7-12)23-18(22)13-10-15(20)17(19)16(21)11-13/h6-11H,2-5,20-21H2,1H3. The van der Waals surface area contributed by atoms with Crippen LogP contribution in [0.25, 0.3) is 0 Å². The first kappa shape index (κ1) is 17.2. The van der Waals surface area contributed by atoms with Gasteiger partial charge in [-0.25, -0.2) is 4.79 Å². The SMILES string of the molecule is CCCCCc1ccc(OC(=O)c2cc(N)c(Cl)c(N)c2)cc1. The van der Waals surface area contributed by atoms with E-state index in [0.29, 0.717) is 5.75 Å². The fourth-order valence-corrected chi connectivity index (χ4v) is 2.37. The van der Waals surface area contributed by atoms with Crippen molar-refractivity contribution in [2.24, 2.45) is 0 Å². The molecule has 0 atom stereocenters. The number of halogens is 1. The van der Waals surface area contributed by atoms with Crippen molar-refractivity contribution in [3.63, 3.8) is 0 Å². The van der Waals surface area contributed by atoms with Crippen molar-refractivity contribution in [3.8, 4) is 5.75 Å². The molecule has 0 fully saturated rings. The van der Waals surface area contributed by atoms with E-state index in [0.717, 1.165) is 6.42 Å². The Bertz CT molecular complexity index is 661. The van der Waals surface area contributed by atoms with Gasteiger partial charge in [0.1, 0.15) is 5.75 Å². The zero-order valence-electron chi connectivity index (χ0n) is 13.1. The highest BCUT2D eigenvalue weighted by molar-refractivity contribution is 6.35. The topological polar surface area (TPSA) is 78.3 Å². The van der Waals surface area contributed by atoms with Crippen LogP contribution in [0.5, 0.6) is 5.75 Å². The van der Waals surface area contributed by atoms with E-state index in [-0.39, 0.29) is 22.0 Å². The van der Waals surface area contributed by atoms with Crippen molar-refractivity contribution < 1.29 is 9.53 Å². The largest absolute Gasteiger partial charge is 0.423 e. The molecule has 0 bridgehead atoms. The van der Waals surface area contributed by atoms with Crippen molar-refractivity contribution in [1.82, 2.24) is 0 Å². The van der Waals surface area contributed by atoms with Crippen LogP contribution in [0, 0.1) is 0 Å². The lowest BCUT2D eigenvalue weighted by Crippen LogP contribution is -2.10. The Balaban J connectivity index is 2.03. The number of carbonyl (C=O) groups excluding carboxylic acids is 1. The smallest absolute Gasteiger partial charge is 0.343 e. The quantitative estimate of drug-likeness (QED) is 0.354. The van der Waals surface area contributed by atoms with Crippen LogP contribution >= 0.6 is 11.6 Å². The van der Waals surface area contributed by atoms with Crippen LogP contribution in [0.2, 0.25) is 5.02 Å². The summed E-state index contributed by atoms with van der Waals surface area (Å²) < 4.78 is 5.34. The lowest BCUT2D eigenvalue weighted by atomic mass is 10.1. The molecule has 23 heavy (non-hydrogen) atoms. The fourth-order valence-electron chi connectivity index (χ4n) is 2.26. The Morgan fingerprint density at radius 2 is 1.70 bits per heavy atom. The molecule has 5 heteroatoms. The van der Waals surface area contributed by atoms with Gasteiger partial charge in [0, 0.05) is 0 Å². The molecule has 2 aromatic rings. The van der Waals surface area contributed by atoms with Gasteiger partial charge in [-0.05, 0) is 42.7 Å². The minimum absolute atomic E-state index is 0.248. The average molecular weight is 333 g/mol. The number of rotatable bonds is 6. The predicted molar refractivity (Wildman–Crippen MR) is 94.9 cm³/mol. The highest BCUT2D eigenvalue weighted by Crippen LogP contribution is 2.28. The lowest BCUT2D eigenvalue weighted by molar-refractivity contribution is 0.0735. The van der Waals surface area contributed by atoms with Crippen molar-refractivity contribution >= 4 is 28.9 Å². The van der Waals surface area contributed by atoms with Gasteiger partial charge in [-0.3, -0.25) is 0 Å². The summed E-state index contributed by atoms with van der Waals surface area (Å²) in [6.45, 7) is 2.18. The summed E-state index contributed by atoms with van der Waals surface area (Å²) in [6.07, 6.45) is 4.62. The molecule has 0 saturated heterocycles. The summed E-state index contributed by atoms with van der Waals surface area (Å²) in [6, 6.07) is 10.5. The van der Waals surface area contributed by atoms with Crippen LogP contribution in [-0.4, -0.2) is 5.97 Å². The summed E-state index contributed by atoms with van der Waals surface area (Å²) in [7, 11) is 0. The second-order valence-corrected chi connectivity index (χ2v) is 5.84. The highest BCUT2D eigenvalue weighted by atomic mass is 35.5. The molecule has 0 unspecified atom stereocenters. The number of anilines is 2. The van der Waals surface area contributed by atoms with Gasteiger partial charge in [-0.2, -0.15) is 0 Å². The second kappa shape index (κ2) is 7.88. The van der Waals surface area contributed by atoms with E-state index in [1.54, 1.807) is 12.1 Å². The molecule has 4 nitrogen and oxygen atoms in total. The minimum Gasteiger partial charge on any atom is -0.423 e. The van der Waals surface area contributed by atoms with E-state index < -0.39 is 5.97 Å². The first-order valence-electron chi connectivity index (χ1n) is 7.67. The van der Waals surface area contributed by atoms with E-state index in [4.69, 9.17) is 27.8 Å². The number of hydrogen-bond acceptors (Lipinski definition) is 4. The Morgan fingerprint density at radius 3 is 2.26 bits per heavy atom. The van der Waals surface area contributed by atoms with Crippen LogP contribution in [0.3, 0.4) is 0 Å². The van der Waals surface area contributed by atoms with Gasteiger partial charge in [0.25, 0.3) is 0 Å². The van der Waals surface area contributed by atoms with Crippen molar-refractivity contribution in [2.45, 2.75) is 32.6 Å². The maximum atomic E-state index is 12.1. The summed E-state index contributed by atoms with van der Waals surface area (Å²) in [4.78, 5) is 12.1. The Kier molecular flexibility index (Phi) is 5.88. The molecule has 0 aromatic heterocycles. The zero-order valence-corrected chi connectivity index (χ0v) is 13.9. The van der Waals surface area contributed by atoms with Crippen molar-refractivity contribution in [3.05, 3.63) is 52.5 Å². The van der Waals surface area contributed by atoms with E-state index in [1.807, 2.05) is 12.1 Å². The van der Waals surface area contributed by atoms with E-state index in [2.05, 4.69) is 6.92 Å². The molecule has 0 aliphatic carbocycles. The Morgan fingerprint density at radius 1 is 1.09 bits per heavy atom. The summed E-state index contributed by atoms with van der Waals surface area (Å²) in [5.41, 5.74) is 13.4. The normalized spacial score (nSPS) is 10.5. The molecule has 0 amide bonds. The number of unbranched alkanes of at least 4 members (excludes halogenated alkanes) is 2. The third kappa shape index (κ3) is 4.63. The lowest BCUT2D eigenvalue weighted by Gasteiger charge is -2.08. The Labute approximate surface area is 141 Å². The van der Waals surface area contributed by atoms with Gasteiger partial charge in [0.15, 0.2) is 0 Å². The number of nitrogen functional groups attached to an aromatic ring is 2. The van der Waals surface area contributed by atoms with Gasteiger partial charge < -0.3 is 16.2 Å². The number of esters is 1. The highest BCUT2D eigenvalue weighted by Gasteiger charge is 2.13. The molecule has 122 valence electrons. The third-order valence-corrected chi connectivity index (χ3v) is 4.00. The van der Waals surface area contributed by atoms with Crippen molar-refractivity contribution in [1.29, 1.82) is 0 Å². The third-order valence-electron chi connectivity index (χ3n) is 3.57. The molecule has 4 N–H and O–H groups in total. The zero-order chi connectivity index (χ0) is 16.8. The van der Waals surface area contributed by atoms with Gasteiger partial charge in [-0.1, -0.05) is 43.5 Å². The summed E-state index contributed by atoms with van der Waals surface area (Å²) >= 11 is 5.88. The molecular weight excluding hydrogens is 312 g/mol. The van der Waals surface area contributed by atoms with Crippen LogP contribution < -0.4 is 16.2 Å². The monoisotopic (exact) mass is 332 g/mol. The average Bonchev–Trinajstić information content (AvgIpc) is 2.54. The van der Waals surface area contributed by atoms with Crippen LogP contribution in [0.4, 0.5) is 11.4 Å². The fraction of sp³-hybridized carbons (Fsp3) is 0.278. The van der Waals surface area contributed by atoms with E-state index in [1.165, 1.54) is 37.0 Å². The molecule has 0 spiro atoms. The van der Waals surface area contributed by atoms with E-state index >= 15 is 0 Å². The molecule has 2 aromatic carbocycles. The number of benzene rings is 2. The van der Waals surface area contributed by atoms with Gasteiger partial charge >= 0.3 is 5.97 Å². The number of hydrogen-bond donors (Lipinski definition) is 2. The molecule has 0 aliphatic rings. The first-order chi connectivity index (χ1) is 11.0. The molecule has 2 rings (SSSR count). The van der Waals surface area contributed by atoms with Crippen LogP contribution in [-0.2, 0) is 6.42 Å². The summed E-state index contributed by atoms with van der Waals surface area (Å²) in [5.74, 6) is -0.0277. The minimum atomic E-state index is -0.515. The summed E-state index contributed by atoms with van der Waals surface area (Å²) in [5, 5.41) is 0.248. The van der Waals surface area contributed by atoms with Gasteiger partial charge in [0.2, 0.25) is 0 Å². The number of ether oxygens (including phenoxy) is 1. The maximum Gasteiger partial charge on any atom is 0.343 e. The van der Waals surface area contributed by atoms with Gasteiger partial charge in [-0.15, -0.1) is 0 Å². The maximum absolute atomic E-state index is 12.1. The number of nitrogens with two attached hydrogens (primary N) is 2. The molecule has 0 aliphatic heterocycles. The molecule has 0 radical (unpaired) electrons. The van der Waals surface area contributed by atoms with E-state index in [9.17, 15) is 4.79 Å². The molecule has 0 heterocycles. The molecular formula is C18H21ClN2O2. The molecule has 0 saturated carbocycles. The number of aryl methyl sites for hydroxylation is 1. The van der Waals surface area contributed by atoms with Crippen LogP contribution in [0.15, 0.2) is 36.4 Å². The second-order valence-electron chi connectivity index (χ2n) is 5.46. The van der Waals surface area contributed by atoms with Crippen molar-refractivity contribution in [2.75, 3.05) is 11.5 Å². The number of carbonyl (C=O) groups is 1. The van der Waals surface area contributed by atoms with Gasteiger partial charge in [0.05, 0.1) is 22.0 Å². The van der Waals surface area contributed by atoms with Crippen LogP contribution in [0.1, 0.15) is 42.1 Å². The Hall–Kier alpha value is -2.20. The first-order valence-corrected chi connectivity index (χ1v) is 8.04. The predicted octanol–water partition coefficient (Wildman–Crippen LogP) is 4.46.